The fourth-order valence-corrected chi connectivity index (χ4v) is 3.51. The molecule has 1 aromatic carbocycles. The third kappa shape index (κ3) is 3.48. The lowest BCUT2D eigenvalue weighted by Crippen LogP contribution is -2.31. The highest BCUT2D eigenvalue weighted by molar-refractivity contribution is 9.10. The number of ether oxygens (including phenoxy) is 1. The largest absolute Gasteiger partial charge is 0.496 e. The summed E-state index contributed by atoms with van der Waals surface area (Å²) in [7, 11) is 1.55. The standard InChI is InChI=1S/C17H12BrN3O2S/c1-3-6-21-16(22)15(24-17(21)12(9-19)10-20)8-11-7-13(18)4-5-14(11)23-2/h3-5,7-8H,1,6H2,2H3/b15-8+. The van der Waals surface area contributed by atoms with Gasteiger partial charge in [0.25, 0.3) is 5.56 Å². The summed E-state index contributed by atoms with van der Waals surface area (Å²) in [5.41, 5.74) is 0.345. The van der Waals surface area contributed by atoms with Gasteiger partial charge in [-0.1, -0.05) is 22.0 Å². The predicted molar refractivity (Wildman–Crippen MR) is 96.9 cm³/mol. The van der Waals surface area contributed by atoms with Crippen LogP contribution in [0, 0.1) is 22.7 Å². The summed E-state index contributed by atoms with van der Waals surface area (Å²) in [6, 6.07) is 9.11. The van der Waals surface area contributed by atoms with Crippen molar-refractivity contribution in [3.05, 3.63) is 60.4 Å². The average molecular weight is 402 g/mol. The summed E-state index contributed by atoms with van der Waals surface area (Å²) in [4.78, 5) is 12.6. The van der Waals surface area contributed by atoms with E-state index in [0.717, 1.165) is 21.4 Å². The van der Waals surface area contributed by atoms with E-state index in [-0.39, 0.29) is 17.7 Å². The van der Waals surface area contributed by atoms with Crippen LogP contribution in [0.25, 0.3) is 11.6 Å². The minimum atomic E-state index is -0.278. The van der Waals surface area contributed by atoms with E-state index in [4.69, 9.17) is 15.3 Å². The van der Waals surface area contributed by atoms with E-state index in [1.807, 2.05) is 24.3 Å². The second-order valence-electron chi connectivity index (χ2n) is 4.61. The number of hydrogen-bond acceptors (Lipinski definition) is 5. The average Bonchev–Trinajstić information content (AvgIpc) is 2.86. The highest BCUT2D eigenvalue weighted by atomic mass is 79.9. The molecule has 0 amide bonds. The van der Waals surface area contributed by atoms with Crippen molar-refractivity contribution in [3.63, 3.8) is 0 Å². The number of allylic oxidation sites excluding steroid dienone is 1. The Morgan fingerprint density at radius 2 is 2.17 bits per heavy atom. The van der Waals surface area contributed by atoms with E-state index in [0.29, 0.717) is 14.9 Å². The second kappa shape index (κ2) is 7.78. The van der Waals surface area contributed by atoms with Gasteiger partial charge in [-0.25, -0.2) is 0 Å². The SMILES string of the molecule is C=CCn1c(=C(C#N)C#N)s/c(=C/c2cc(Br)ccc2OC)c1=O. The molecule has 0 unspecified atom stereocenters. The van der Waals surface area contributed by atoms with E-state index in [2.05, 4.69) is 22.5 Å². The molecule has 0 saturated heterocycles. The van der Waals surface area contributed by atoms with Gasteiger partial charge in [0.15, 0.2) is 5.57 Å². The van der Waals surface area contributed by atoms with E-state index < -0.39 is 0 Å². The Balaban J connectivity index is 2.86. The van der Waals surface area contributed by atoms with Crippen LogP contribution in [0.1, 0.15) is 5.56 Å². The molecule has 0 aliphatic carbocycles. The lowest BCUT2D eigenvalue weighted by molar-refractivity contribution is 0.413. The zero-order valence-electron chi connectivity index (χ0n) is 12.7. The van der Waals surface area contributed by atoms with Crippen molar-refractivity contribution < 1.29 is 4.74 Å². The Bertz CT molecular complexity index is 1040. The second-order valence-corrected chi connectivity index (χ2v) is 6.55. The molecule has 1 heterocycles. The molecule has 24 heavy (non-hydrogen) atoms. The monoisotopic (exact) mass is 401 g/mol. The first-order chi connectivity index (χ1) is 11.5. The van der Waals surface area contributed by atoms with E-state index in [9.17, 15) is 4.79 Å². The van der Waals surface area contributed by atoms with Gasteiger partial charge in [0.2, 0.25) is 0 Å². The molecule has 1 aromatic heterocycles. The highest BCUT2D eigenvalue weighted by Gasteiger charge is 2.09. The van der Waals surface area contributed by atoms with Crippen LogP contribution >= 0.6 is 27.3 Å². The lowest BCUT2D eigenvalue weighted by Gasteiger charge is -2.04. The Morgan fingerprint density at radius 3 is 2.75 bits per heavy atom. The number of nitriles is 2. The Hall–Kier alpha value is -2.61. The first kappa shape index (κ1) is 17.7. The zero-order valence-corrected chi connectivity index (χ0v) is 15.1. The van der Waals surface area contributed by atoms with Crippen molar-refractivity contribution in [2.24, 2.45) is 0 Å². The van der Waals surface area contributed by atoms with E-state index >= 15 is 0 Å². The number of rotatable bonds is 4. The molecule has 120 valence electrons. The maximum Gasteiger partial charge on any atom is 0.269 e. The highest BCUT2D eigenvalue weighted by Crippen LogP contribution is 2.23. The first-order valence-electron chi connectivity index (χ1n) is 6.76. The third-order valence-corrected chi connectivity index (χ3v) is 4.76. The molecule has 0 aliphatic rings. The summed E-state index contributed by atoms with van der Waals surface area (Å²) in [5.74, 6) is 0.618. The minimum Gasteiger partial charge on any atom is -0.496 e. The molecule has 2 aromatic rings. The van der Waals surface area contributed by atoms with Gasteiger partial charge in [-0.15, -0.1) is 17.9 Å². The third-order valence-electron chi connectivity index (χ3n) is 3.14. The molecule has 0 N–H and O–H groups in total. The molecule has 0 spiro atoms. The normalized spacial score (nSPS) is 10.8. The first-order valence-corrected chi connectivity index (χ1v) is 8.37. The quantitative estimate of drug-likeness (QED) is 0.732. The number of halogens is 1. The number of nitrogens with zero attached hydrogens (tertiary/aromatic N) is 3. The number of methoxy groups -OCH3 is 1. The molecule has 0 fully saturated rings. The maximum atomic E-state index is 12.6. The molecule has 0 saturated carbocycles. The van der Waals surface area contributed by atoms with Crippen molar-refractivity contribution in [3.8, 4) is 17.9 Å². The van der Waals surface area contributed by atoms with Crippen molar-refractivity contribution in [1.29, 1.82) is 10.5 Å². The summed E-state index contributed by atoms with van der Waals surface area (Å²) in [6.07, 6.45) is 3.24. The van der Waals surface area contributed by atoms with Crippen LogP contribution in [-0.4, -0.2) is 11.7 Å². The van der Waals surface area contributed by atoms with Gasteiger partial charge in [0, 0.05) is 16.6 Å². The van der Waals surface area contributed by atoms with Crippen molar-refractivity contribution in [1.82, 2.24) is 4.57 Å². The number of hydrogen-bond donors (Lipinski definition) is 0. The van der Waals surface area contributed by atoms with Gasteiger partial charge in [-0.3, -0.25) is 9.36 Å². The Labute approximate surface area is 150 Å². The Kier molecular flexibility index (Phi) is 5.75. The summed E-state index contributed by atoms with van der Waals surface area (Å²) < 4.78 is 8.25. The number of thiazole rings is 1. The molecule has 2 rings (SSSR count). The lowest BCUT2D eigenvalue weighted by atomic mass is 10.2. The number of aromatic nitrogens is 1. The van der Waals surface area contributed by atoms with Crippen molar-refractivity contribution >= 4 is 38.9 Å². The summed E-state index contributed by atoms with van der Waals surface area (Å²) in [6.45, 7) is 3.84. The van der Waals surface area contributed by atoms with Gasteiger partial charge >= 0.3 is 0 Å². The van der Waals surface area contributed by atoms with Gasteiger partial charge in [0.05, 0.1) is 11.6 Å². The van der Waals surface area contributed by atoms with Crippen molar-refractivity contribution in [2.45, 2.75) is 6.54 Å². The van der Waals surface area contributed by atoms with Crippen LogP contribution in [0.5, 0.6) is 5.75 Å². The molecular formula is C17H12BrN3O2S. The number of benzene rings is 1. The Morgan fingerprint density at radius 1 is 1.46 bits per heavy atom. The van der Waals surface area contributed by atoms with Crippen LogP contribution in [0.4, 0.5) is 0 Å². The molecule has 0 radical (unpaired) electrons. The molecule has 0 aliphatic heterocycles. The maximum absolute atomic E-state index is 12.6. The smallest absolute Gasteiger partial charge is 0.269 e. The van der Waals surface area contributed by atoms with E-state index in [1.165, 1.54) is 4.57 Å². The van der Waals surface area contributed by atoms with Crippen LogP contribution in [-0.2, 0) is 6.54 Å². The van der Waals surface area contributed by atoms with Crippen LogP contribution < -0.4 is 19.5 Å². The van der Waals surface area contributed by atoms with Crippen LogP contribution in [0.15, 0.2) is 40.1 Å². The van der Waals surface area contributed by atoms with Crippen LogP contribution in [0.3, 0.4) is 0 Å². The molecule has 5 nitrogen and oxygen atoms in total. The van der Waals surface area contributed by atoms with Gasteiger partial charge < -0.3 is 4.74 Å². The summed E-state index contributed by atoms with van der Waals surface area (Å²) in [5, 5.41) is 18.2. The predicted octanol–water partition coefficient (Wildman–Crippen LogP) is 1.89. The van der Waals surface area contributed by atoms with Gasteiger partial charge in [-0.2, -0.15) is 10.5 Å². The zero-order chi connectivity index (χ0) is 17.7. The van der Waals surface area contributed by atoms with Crippen molar-refractivity contribution in [2.75, 3.05) is 7.11 Å². The fraction of sp³-hybridized carbons (Fsp3) is 0.118. The minimum absolute atomic E-state index is 0.0974. The molecule has 0 bridgehead atoms. The van der Waals surface area contributed by atoms with Gasteiger partial charge in [0.1, 0.15) is 22.6 Å². The molecule has 0 atom stereocenters. The van der Waals surface area contributed by atoms with Gasteiger partial charge in [-0.05, 0) is 24.3 Å². The molecular weight excluding hydrogens is 390 g/mol. The topological polar surface area (TPSA) is 78.8 Å². The fourth-order valence-electron chi connectivity index (χ4n) is 2.08. The van der Waals surface area contributed by atoms with Crippen LogP contribution in [0.2, 0.25) is 0 Å². The summed E-state index contributed by atoms with van der Waals surface area (Å²) >= 11 is 4.49. The molecule has 7 heteroatoms. The van der Waals surface area contributed by atoms with E-state index in [1.54, 1.807) is 25.3 Å².